The SMILES string of the molecule is C[C@@H]1CCc2c(sc3ncnc(Oc4ccc(Br)cc4Br)c23)C1. The Morgan fingerprint density at radius 3 is 2.96 bits per heavy atom. The summed E-state index contributed by atoms with van der Waals surface area (Å²) in [5.41, 5.74) is 1.38. The molecule has 23 heavy (non-hydrogen) atoms. The molecule has 0 aliphatic heterocycles. The molecule has 0 N–H and O–H groups in total. The summed E-state index contributed by atoms with van der Waals surface area (Å²) in [6.45, 7) is 2.31. The van der Waals surface area contributed by atoms with Gasteiger partial charge >= 0.3 is 0 Å². The number of halogens is 2. The van der Waals surface area contributed by atoms with Crippen LogP contribution in [0, 0.1) is 5.92 Å². The third kappa shape index (κ3) is 2.92. The molecular weight excluding hydrogens is 440 g/mol. The third-order valence-electron chi connectivity index (χ3n) is 4.16. The van der Waals surface area contributed by atoms with Gasteiger partial charge in [0.1, 0.15) is 16.9 Å². The summed E-state index contributed by atoms with van der Waals surface area (Å²) >= 11 is 8.79. The Balaban J connectivity index is 1.81. The van der Waals surface area contributed by atoms with Crippen molar-refractivity contribution in [3.63, 3.8) is 0 Å². The molecule has 6 heteroatoms. The van der Waals surface area contributed by atoms with Gasteiger partial charge in [0.15, 0.2) is 0 Å². The molecule has 2 aromatic heterocycles. The second kappa shape index (κ2) is 6.15. The quantitative estimate of drug-likeness (QED) is 0.467. The van der Waals surface area contributed by atoms with E-state index in [0.29, 0.717) is 5.88 Å². The predicted octanol–water partition coefficient (Wildman–Crippen LogP) is 6.13. The lowest BCUT2D eigenvalue weighted by molar-refractivity contribution is 0.463. The van der Waals surface area contributed by atoms with Gasteiger partial charge in [-0.05, 0) is 64.9 Å². The third-order valence-corrected chi connectivity index (χ3v) is 6.43. The number of aromatic nitrogens is 2. The van der Waals surface area contributed by atoms with Crippen LogP contribution in [0.15, 0.2) is 33.5 Å². The molecule has 0 unspecified atom stereocenters. The predicted molar refractivity (Wildman–Crippen MR) is 101 cm³/mol. The fourth-order valence-corrected chi connectivity index (χ4v) is 5.45. The van der Waals surface area contributed by atoms with Crippen LogP contribution in [0.4, 0.5) is 0 Å². The van der Waals surface area contributed by atoms with E-state index in [1.165, 1.54) is 16.9 Å². The van der Waals surface area contributed by atoms with Gasteiger partial charge in [0, 0.05) is 9.35 Å². The number of hydrogen-bond acceptors (Lipinski definition) is 4. The fourth-order valence-electron chi connectivity index (χ4n) is 2.99. The van der Waals surface area contributed by atoms with E-state index in [0.717, 1.165) is 43.7 Å². The smallest absolute Gasteiger partial charge is 0.231 e. The molecule has 0 spiro atoms. The average molecular weight is 454 g/mol. The van der Waals surface area contributed by atoms with Crippen molar-refractivity contribution in [1.29, 1.82) is 0 Å². The largest absolute Gasteiger partial charge is 0.437 e. The Morgan fingerprint density at radius 2 is 2.13 bits per heavy atom. The van der Waals surface area contributed by atoms with E-state index in [9.17, 15) is 0 Å². The summed E-state index contributed by atoms with van der Waals surface area (Å²) in [4.78, 5) is 11.3. The number of aryl methyl sites for hydroxylation is 1. The summed E-state index contributed by atoms with van der Waals surface area (Å²) in [6.07, 6.45) is 5.03. The highest BCUT2D eigenvalue weighted by atomic mass is 79.9. The van der Waals surface area contributed by atoms with Gasteiger partial charge in [-0.3, -0.25) is 0 Å². The van der Waals surface area contributed by atoms with Crippen molar-refractivity contribution in [2.24, 2.45) is 5.92 Å². The first-order valence-corrected chi connectivity index (χ1v) is 9.90. The van der Waals surface area contributed by atoms with E-state index < -0.39 is 0 Å². The molecule has 1 aromatic carbocycles. The second-order valence-electron chi connectivity index (χ2n) is 5.89. The van der Waals surface area contributed by atoms with Crippen LogP contribution in [0.5, 0.6) is 11.6 Å². The Labute approximate surface area is 155 Å². The number of fused-ring (bicyclic) bond motifs is 3. The highest BCUT2D eigenvalue weighted by Gasteiger charge is 2.24. The maximum Gasteiger partial charge on any atom is 0.231 e. The van der Waals surface area contributed by atoms with Crippen LogP contribution in [0.2, 0.25) is 0 Å². The minimum absolute atomic E-state index is 0.657. The summed E-state index contributed by atoms with van der Waals surface area (Å²) in [5, 5.41) is 1.09. The van der Waals surface area contributed by atoms with E-state index in [2.05, 4.69) is 48.8 Å². The highest BCUT2D eigenvalue weighted by molar-refractivity contribution is 9.11. The maximum absolute atomic E-state index is 6.12. The van der Waals surface area contributed by atoms with Crippen LogP contribution >= 0.6 is 43.2 Å². The number of nitrogens with zero attached hydrogens (tertiary/aromatic N) is 2. The first-order chi connectivity index (χ1) is 11.1. The topological polar surface area (TPSA) is 35.0 Å². The number of thiophene rings is 1. The average Bonchev–Trinajstić information content (AvgIpc) is 2.88. The van der Waals surface area contributed by atoms with Crippen LogP contribution in [0.3, 0.4) is 0 Å². The minimum Gasteiger partial charge on any atom is -0.437 e. The minimum atomic E-state index is 0.657. The summed E-state index contributed by atoms with van der Waals surface area (Å²) < 4.78 is 8.02. The van der Waals surface area contributed by atoms with Gasteiger partial charge in [0.05, 0.1) is 9.86 Å². The lowest BCUT2D eigenvalue weighted by atomic mass is 9.89. The summed E-state index contributed by atoms with van der Waals surface area (Å²) in [5.74, 6) is 2.16. The molecule has 0 bridgehead atoms. The van der Waals surface area contributed by atoms with Crippen molar-refractivity contribution in [2.75, 3.05) is 0 Å². The molecule has 2 heterocycles. The Kier molecular flexibility index (Phi) is 4.15. The van der Waals surface area contributed by atoms with E-state index in [-0.39, 0.29) is 0 Å². The number of ether oxygens (including phenoxy) is 1. The van der Waals surface area contributed by atoms with Crippen LogP contribution in [-0.4, -0.2) is 9.97 Å². The molecule has 1 aliphatic carbocycles. The van der Waals surface area contributed by atoms with Crippen molar-refractivity contribution < 1.29 is 4.74 Å². The molecule has 1 atom stereocenters. The molecule has 1 aliphatic rings. The van der Waals surface area contributed by atoms with Crippen molar-refractivity contribution in [3.05, 3.63) is 43.9 Å². The van der Waals surface area contributed by atoms with Gasteiger partial charge < -0.3 is 4.74 Å². The highest BCUT2D eigenvalue weighted by Crippen LogP contribution is 2.42. The molecule has 3 nitrogen and oxygen atoms in total. The molecule has 0 fully saturated rings. The molecule has 4 rings (SSSR count). The Bertz CT molecular complexity index is 894. The molecule has 0 saturated heterocycles. The Morgan fingerprint density at radius 1 is 1.26 bits per heavy atom. The lowest BCUT2D eigenvalue weighted by Crippen LogP contribution is -2.08. The standard InChI is InChI=1S/C17H14Br2N2OS/c1-9-2-4-11-14(6-9)23-17-15(11)16(20-8-21-17)22-13-5-3-10(18)7-12(13)19/h3,5,7-9H,2,4,6H2,1H3/t9-/m1/s1. The van der Waals surface area contributed by atoms with Crippen LogP contribution in [0.25, 0.3) is 10.2 Å². The molecule has 0 radical (unpaired) electrons. The first kappa shape index (κ1) is 15.5. The zero-order valence-corrected chi connectivity index (χ0v) is 16.5. The molecule has 3 aromatic rings. The van der Waals surface area contributed by atoms with E-state index in [4.69, 9.17) is 4.74 Å². The lowest BCUT2D eigenvalue weighted by Gasteiger charge is -2.18. The maximum atomic E-state index is 6.12. The van der Waals surface area contributed by atoms with Gasteiger partial charge in [-0.1, -0.05) is 22.9 Å². The van der Waals surface area contributed by atoms with Gasteiger partial charge in [-0.2, -0.15) is 0 Å². The molecular formula is C17H14Br2N2OS. The van der Waals surface area contributed by atoms with Crippen molar-refractivity contribution in [1.82, 2.24) is 9.97 Å². The van der Waals surface area contributed by atoms with E-state index in [1.807, 2.05) is 18.2 Å². The van der Waals surface area contributed by atoms with Crippen LogP contribution in [0.1, 0.15) is 23.8 Å². The Hall–Kier alpha value is -0.980. The van der Waals surface area contributed by atoms with Gasteiger partial charge in [-0.15, -0.1) is 11.3 Å². The number of rotatable bonds is 2. The van der Waals surface area contributed by atoms with Crippen LogP contribution < -0.4 is 4.74 Å². The molecule has 0 saturated carbocycles. The number of benzene rings is 1. The summed E-state index contributed by atoms with van der Waals surface area (Å²) in [7, 11) is 0. The van der Waals surface area contributed by atoms with Gasteiger partial charge in [0.2, 0.25) is 5.88 Å². The van der Waals surface area contributed by atoms with Crippen molar-refractivity contribution >= 4 is 53.4 Å². The fraction of sp³-hybridized carbons (Fsp3) is 0.294. The van der Waals surface area contributed by atoms with Crippen molar-refractivity contribution in [3.8, 4) is 11.6 Å². The monoisotopic (exact) mass is 452 g/mol. The van der Waals surface area contributed by atoms with Gasteiger partial charge in [0.25, 0.3) is 0 Å². The van der Waals surface area contributed by atoms with E-state index >= 15 is 0 Å². The number of hydrogen-bond donors (Lipinski definition) is 0. The zero-order valence-electron chi connectivity index (χ0n) is 12.5. The normalized spacial score (nSPS) is 17.3. The van der Waals surface area contributed by atoms with Crippen molar-refractivity contribution in [2.45, 2.75) is 26.2 Å². The first-order valence-electron chi connectivity index (χ1n) is 7.50. The molecule has 118 valence electrons. The zero-order chi connectivity index (χ0) is 16.0. The van der Waals surface area contributed by atoms with Gasteiger partial charge in [-0.25, -0.2) is 9.97 Å². The second-order valence-corrected chi connectivity index (χ2v) is 8.74. The molecule has 0 amide bonds. The van der Waals surface area contributed by atoms with E-state index in [1.54, 1.807) is 17.7 Å². The summed E-state index contributed by atoms with van der Waals surface area (Å²) in [6, 6.07) is 5.87. The van der Waals surface area contributed by atoms with Crippen LogP contribution in [-0.2, 0) is 12.8 Å².